The number of pyridine rings is 1. The maximum Gasteiger partial charge on any atom is 0.283 e. The first-order valence-corrected chi connectivity index (χ1v) is 14.7. The van der Waals surface area contributed by atoms with Crippen molar-refractivity contribution in [2.24, 2.45) is 0 Å². The van der Waals surface area contributed by atoms with Gasteiger partial charge in [-0.1, -0.05) is 78.0 Å². The highest BCUT2D eigenvalue weighted by Crippen LogP contribution is 2.31. The van der Waals surface area contributed by atoms with Crippen molar-refractivity contribution in [3.8, 4) is 11.3 Å². The summed E-state index contributed by atoms with van der Waals surface area (Å²) < 4.78 is 14.9. The van der Waals surface area contributed by atoms with Gasteiger partial charge in [-0.05, 0) is 41.5 Å². The molecule has 0 unspecified atom stereocenters. The van der Waals surface area contributed by atoms with Gasteiger partial charge in [-0.2, -0.15) is 19.6 Å². The Bertz CT molecular complexity index is 1730. The summed E-state index contributed by atoms with van der Waals surface area (Å²) in [5, 5.41) is 15.7. The fourth-order valence-electron chi connectivity index (χ4n) is 4.62. The Morgan fingerprint density at radius 3 is 2.60 bits per heavy atom. The third-order valence-electron chi connectivity index (χ3n) is 6.81. The summed E-state index contributed by atoms with van der Waals surface area (Å²) in [6.45, 7) is 14.7. The van der Waals surface area contributed by atoms with Gasteiger partial charge >= 0.3 is 0 Å². The highest BCUT2D eigenvalue weighted by molar-refractivity contribution is 6.04. The van der Waals surface area contributed by atoms with Crippen LogP contribution in [0.3, 0.4) is 0 Å². The predicted octanol–water partition coefficient (Wildman–Crippen LogP) is 7.73. The van der Waals surface area contributed by atoms with Crippen molar-refractivity contribution >= 4 is 39.9 Å². The molecular formula is C33H39FN8O. The zero-order valence-corrected chi connectivity index (χ0v) is 25.4. The zero-order chi connectivity index (χ0) is 30.9. The summed E-state index contributed by atoms with van der Waals surface area (Å²) in [6, 6.07) is 15.3. The first-order chi connectivity index (χ1) is 20.9. The summed E-state index contributed by atoms with van der Waals surface area (Å²) in [5.74, 6) is -0.477. The maximum absolute atomic E-state index is 13.2. The molecule has 5 rings (SSSR count). The summed E-state index contributed by atoms with van der Waals surface area (Å²) in [5.41, 5.74) is 5.07. The molecule has 0 saturated carbocycles. The Morgan fingerprint density at radius 2 is 1.86 bits per heavy atom. The minimum absolute atomic E-state index is 0.265. The summed E-state index contributed by atoms with van der Waals surface area (Å²) in [7, 11) is 0. The number of fused-ring (bicyclic) bond motifs is 2. The number of aromatic nitrogens is 5. The average molecular weight is 583 g/mol. The van der Waals surface area contributed by atoms with Crippen molar-refractivity contribution in [1.29, 1.82) is 0 Å². The van der Waals surface area contributed by atoms with Crippen molar-refractivity contribution in [2.45, 2.75) is 59.9 Å². The molecule has 0 aliphatic heterocycles. The minimum Gasteiger partial charge on any atom is -0.354 e. The number of nitrogens with one attached hydrogen (secondary N) is 3. The van der Waals surface area contributed by atoms with Crippen LogP contribution >= 0.6 is 0 Å². The second-order valence-electron chi connectivity index (χ2n) is 10.1. The van der Waals surface area contributed by atoms with Gasteiger partial charge in [0.25, 0.3) is 5.91 Å². The van der Waals surface area contributed by atoms with Crippen LogP contribution in [0.4, 0.5) is 22.0 Å². The fourth-order valence-corrected chi connectivity index (χ4v) is 4.62. The van der Waals surface area contributed by atoms with E-state index in [2.05, 4.69) is 48.4 Å². The lowest BCUT2D eigenvalue weighted by atomic mass is 9.99. The quantitative estimate of drug-likeness (QED) is 0.108. The van der Waals surface area contributed by atoms with Crippen molar-refractivity contribution in [3.05, 3.63) is 84.5 Å². The van der Waals surface area contributed by atoms with Gasteiger partial charge in [-0.25, -0.2) is 4.39 Å². The number of carbonyl (C=O) groups excluding carboxylic acids is 1. The number of hydrogen-bond acceptors (Lipinski definition) is 7. The van der Waals surface area contributed by atoms with Crippen LogP contribution in [0.15, 0.2) is 73.3 Å². The average Bonchev–Trinajstić information content (AvgIpc) is 3.45. The number of anilines is 3. The molecule has 10 heteroatoms. The third kappa shape index (κ3) is 7.14. The molecule has 0 aliphatic carbocycles. The molecule has 0 spiro atoms. The van der Waals surface area contributed by atoms with Crippen molar-refractivity contribution in [2.75, 3.05) is 22.5 Å². The van der Waals surface area contributed by atoms with E-state index in [4.69, 9.17) is 15.0 Å². The highest BCUT2D eigenvalue weighted by atomic mass is 19.1. The zero-order valence-electron chi connectivity index (χ0n) is 25.4. The van der Waals surface area contributed by atoms with E-state index in [9.17, 15) is 9.18 Å². The van der Waals surface area contributed by atoms with Crippen molar-refractivity contribution in [1.82, 2.24) is 24.6 Å². The molecule has 43 heavy (non-hydrogen) atoms. The van der Waals surface area contributed by atoms with Crippen molar-refractivity contribution in [3.63, 3.8) is 0 Å². The summed E-state index contributed by atoms with van der Waals surface area (Å²) >= 11 is 0. The molecule has 9 nitrogen and oxygen atoms in total. The third-order valence-corrected chi connectivity index (χ3v) is 6.81. The van der Waals surface area contributed by atoms with Gasteiger partial charge in [0.05, 0.1) is 11.9 Å². The van der Waals surface area contributed by atoms with Gasteiger partial charge < -0.3 is 16.0 Å². The number of halogens is 1. The second kappa shape index (κ2) is 14.4. The van der Waals surface area contributed by atoms with Crippen LogP contribution in [0.2, 0.25) is 0 Å². The smallest absolute Gasteiger partial charge is 0.283 e. The van der Waals surface area contributed by atoms with E-state index in [0.29, 0.717) is 24.1 Å². The monoisotopic (exact) mass is 582 g/mol. The van der Waals surface area contributed by atoms with Crippen LogP contribution in [-0.2, 0) is 11.3 Å². The van der Waals surface area contributed by atoms with E-state index >= 15 is 0 Å². The van der Waals surface area contributed by atoms with Crippen LogP contribution < -0.4 is 16.0 Å². The minimum atomic E-state index is -1.04. The van der Waals surface area contributed by atoms with E-state index in [1.807, 2.05) is 56.4 Å². The Morgan fingerprint density at radius 1 is 1.07 bits per heavy atom. The lowest BCUT2D eigenvalue weighted by Crippen LogP contribution is -2.13. The number of rotatable bonds is 11. The Labute approximate surface area is 251 Å². The highest BCUT2D eigenvalue weighted by Gasteiger charge is 2.17. The van der Waals surface area contributed by atoms with Gasteiger partial charge in [0.1, 0.15) is 0 Å². The Hall–Kier alpha value is -4.86. The predicted molar refractivity (Wildman–Crippen MR) is 173 cm³/mol. The standard InChI is InChI=1S/C31H33FN8O.C2H6/c1-5-6-14-34-30-38-28-26(19(2)3)18-36-40(28)31(39-30)35-17-22-9-7-8-10-24(22)27-25-12-11-23(37-29(41)20(4)32)16-21(25)13-15-33-27;1-2/h7-13,15-16,18-19H,4-6,14,17H2,1-3H3,(H,37,41)(H2,34,35,38,39);1-2H3. The van der Waals surface area contributed by atoms with Crippen LogP contribution in [0, 0.1) is 0 Å². The fraction of sp³-hybridized carbons (Fsp3) is 0.303. The first kappa shape index (κ1) is 31.1. The lowest BCUT2D eigenvalue weighted by molar-refractivity contribution is -0.114. The van der Waals surface area contributed by atoms with E-state index in [1.165, 1.54) is 0 Å². The molecule has 0 atom stereocenters. The van der Waals surface area contributed by atoms with Crippen LogP contribution in [0.5, 0.6) is 0 Å². The van der Waals surface area contributed by atoms with E-state index in [1.54, 1.807) is 22.8 Å². The number of carbonyl (C=O) groups is 1. The van der Waals surface area contributed by atoms with Gasteiger partial charge in [0.15, 0.2) is 11.5 Å². The Balaban J connectivity index is 0.00000207. The van der Waals surface area contributed by atoms with E-state index in [0.717, 1.165) is 58.2 Å². The molecule has 0 saturated heterocycles. The number of nitrogens with zero attached hydrogens (tertiary/aromatic N) is 5. The van der Waals surface area contributed by atoms with E-state index in [-0.39, 0.29) is 5.92 Å². The molecule has 0 aliphatic rings. The number of unbranched alkanes of at least 4 members (excludes halogenated alkanes) is 1. The van der Waals surface area contributed by atoms with Gasteiger partial charge in [-0.3, -0.25) is 9.78 Å². The van der Waals surface area contributed by atoms with Crippen LogP contribution in [0.1, 0.15) is 64.5 Å². The van der Waals surface area contributed by atoms with Gasteiger partial charge in [-0.15, -0.1) is 0 Å². The van der Waals surface area contributed by atoms with Crippen molar-refractivity contribution < 1.29 is 9.18 Å². The molecule has 0 fully saturated rings. The molecule has 1 amide bonds. The van der Waals surface area contributed by atoms with E-state index < -0.39 is 11.7 Å². The molecule has 3 aromatic heterocycles. The van der Waals surface area contributed by atoms with Crippen LogP contribution in [-0.4, -0.2) is 37.0 Å². The molecule has 3 heterocycles. The molecule has 0 radical (unpaired) electrons. The summed E-state index contributed by atoms with van der Waals surface area (Å²) in [6.07, 6.45) is 5.68. The number of amides is 1. The van der Waals surface area contributed by atoms with Gasteiger partial charge in [0.2, 0.25) is 11.9 Å². The molecule has 5 aromatic rings. The molecule has 3 N–H and O–H groups in total. The number of benzene rings is 2. The number of hydrogen-bond donors (Lipinski definition) is 3. The first-order valence-electron chi connectivity index (χ1n) is 14.7. The maximum atomic E-state index is 13.2. The van der Waals surface area contributed by atoms with Gasteiger partial charge in [0, 0.05) is 41.5 Å². The molecule has 2 aromatic carbocycles. The molecule has 224 valence electrons. The second-order valence-corrected chi connectivity index (χ2v) is 10.1. The van der Waals surface area contributed by atoms with Crippen LogP contribution in [0.25, 0.3) is 27.7 Å². The summed E-state index contributed by atoms with van der Waals surface area (Å²) in [4.78, 5) is 25.9. The normalized spacial score (nSPS) is 10.9. The lowest BCUT2D eigenvalue weighted by Gasteiger charge is -2.14. The molecular weight excluding hydrogens is 543 g/mol. The topological polar surface area (TPSA) is 109 Å². The molecule has 0 bridgehead atoms. The SMILES string of the molecule is C=C(F)C(=O)Nc1ccc2c(-c3ccccc3CNc3nc(NCCCC)nc4c(C(C)C)cnn34)nccc2c1.CC. The Kier molecular flexibility index (Phi) is 10.4. The largest absolute Gasteiger partial charge is 0.354 e.